The largest absolute Gasteiger partial charge is 0.295 e. The van der Waals surface area contributed by atoms with Crippen molar-refractivity contribution in [2.24, 2.45) is 0 Å². The number of halogens is 2. The van der Waals surface area contributed by atoms with Crippen molar-refractivity contribution in [1.29, 1.82) is 0 Å². The molecule has 1 aromatic rings. The smallest absolute Gasteiger partial charge is 0.155 e. The molecular formula is C20H28Cl2O. The van der Waals surface area contributed by atoms with Gasteiger partial charge in [0.05, 0.1) is 10.0 Å². The Morgan fingerprint density at radius 2 is 1.52 bits per heavy atom. The molecule has 0 heterocycles. The van der Waals surface area contributed by atoms with E-state index in [-0.39, 0.29) is 5.78 Å². The molecule has 23 heavy (non-hydrogen) atoms. The molecule has 1 aromatic carbocycles. The van der Waals surface area contributed by atoms with E-state index in [1.54, 1.807) is 24.3 Å². The SMILES string of the molecule is CCCCCCCCCCCC(=O)/C=C/c1ccc(Cl)c(Cl)c1. The predicted molar refractivity (Wildman–Crippen MR) is 102 cm³/mol. The van der Waals surface area contributed by atoms with Crippen molar-refractivity contribution in [2.75, 3.05) is 0 Å². The van der Waals surface area contributed by atoms with Crippen molar-refractivity contribution in [3.05, 3.63) is 39.9 Å². The van der Waals surface area contributed by atoms with E-state index in [0.717, 1.165) is 18.4 Å². The zero-order valence-corrected chi connectivity index (χ0v) is 15.6. The molecule has 0 aliphatic rings. The van der Waals surface area contributed by atoms with Crippen LogP contribution in [0.3, 0.4) is 0 Å². The Hall–Kier alpha value is -0.790. The molecule has 0 radical (unpaired) electrons. The highest BCUT2D eigenvalue weighted by molar-refractivity contribution is 6.42. The lowest BCUT2D eigenvalue weighted by molar-refractivity contribution is -0.114. The van der Waals surface area contributed by atoms with Crippen LogP contribution < -0.4 is 0 Å². The number of benzene rings is 1. The fraction of sp³-hybridized carbons (Fsp3) is 0.550. The number of hydrogen-bond acceptors (Lipinski definition) is 1. The molecule has 0 aliphatic carbocycles. The molecular weight excluding hydrogens is 327 g/mol. The topological polar surface area (TPSA) is 17.1 Å². The number of unbranched alkanes of at least 4 members (excludes halogenated alkanes) is 8. The lowest BCUT2D eigenvalue weighted by atomic mass is 10.1. The number of carbonyl (C=O) groups excluding carboxylic acids is 1. The first kappa shape index (κ1) is 20.3. The first-order chi connectivity index (χ1) is 11.1. The van der Waals surface area contributed by atoms with Crippen LogP contribution in [0, 0.1) is 0 Å². The van der Waals surface area contributed by atoms with Crippen LogP contribution in [0.1, 0.15) is 76.7 Å². The molecule has 1 nitrogen and oxygen atoms in total. The molecule has 0 bridgehead atoms. The summed E-state index contributed by atoms with van der Waals surface area (Å²) < 4.78 is 0. The monoisotopic (exact) mass is 354 g/mol. The maximum Gasteiger partial charge on any atom is 0.155 e. The Morgan fingerprint density at radius 3 is 2.13 bits per heavy atom. The molecule has 0 saturated heterocycles. The first-order valence-electron chi connectivity index (χ1n) is 8.79. The molecule has 0 spiro atoms. The number of allylic oxidation sites excluding steroid dienone is 1. The third-order valence-electron chi connectivity index (χ3n) is 3.93. The predicted octanol–water partition coefficient (Wildman–Crippen LogP) is 7.50. The van der Waals surface area contributed by atoms with Crippen LogP contribution in [0.15, 0.2) is 24.3 Å². The quantitative estimate of drug-likeness (QED) is 0.280. The van der Waals surface area contributed by atoms with E-state index in [1.807, 2.05) is 6.07 Å². The van der Waals surface area contributed by atoms with Gasteiger partial charge >= 0.3 is 0 Å². The normalized spacial score (nSPS) is 11.3. The summed E-state index contributed by atoms with van der Waals surface area (Å²) in [5, 5.41) is 1.05. The minimum atomic E-state index is 0.180. The van der Waals surface area contributed by atoms with Crippen LogP contribution in [0.2, 0.25) is 10.0 Å². The molecule has 0 amide bonds. The molecule has 0 atom stereocenters. The second kappa shape index (κ2) is 12.6. The minimum absolute atomic E-state index is 0.180. The molecule has 0 N–H and O–H groups in total. The van der Waals surface area contributed by atoms with E-state index in [4.69, 9.17) is 23.2 Å². The summed E-state index contributed by atoms with van der Waals surface area (Å²) >= 11 is 11.8. The average Bonchev–Trinajstić information content (AvgIpc) is 2.54. The van der Waals surface area contributed by atoms with Gasteiger partial charge in [0.15, 0.2) is 5.78 Å². The van der Waals surface area contributed by atoms with E-state index in [0.29, 0.717) is 16.5 Å². The fourth-order valence-electron chi connectivity index (χ4n) is 2.50. The Bertz CT molecular complexity index is 494. The van der Waals surface area contributed by atoms with Gasteiger partial charge in [-0.3, -0.25) is 4.79 Å². The van der Waals surface area contributed by atoms with Gasteiger partial charge < -0.3 is 0 Å². The standard InChI is InChI=1S/C20H28Cl2O/c1-2-3-4-5-6-7-8-9-10-11-18(23)14-12-17-13-15-19(21)20(22)16-17/h12-16H,2-11H2,1H3/b14-12+. The van der Waals surface area contributed by atoms with E-state index in [9.17, 15) is 4.79 Å². The molecule has 1 rings (SSSR count). The highest BCUT2D eigenvalue weighted by atomic mass is 35.5. The minimum Gasteiger partial charge on any atom is -0.295 e. The summed E-state index contributed by atoms with van der Waals surface area (Å²) in [7, 11) is 0. The third kappa shape index (κ3) is 9.84. The average molecular weight is 355 g/mol. The lowest BCUT2D eigenvalue weighted by Crippen LogP contribution is -1.92. The zero-order valence-electron chi connectivity index (χ0n) is 14.1. The van der Waals surface area contributed by atoms with Crippen molar-refractivity contribution in [1.82, 2.24) is 0 Å². The van der Waals surface area contributed by atoms with E-state index < -0.39 is 0 Å². The van der Waals surface area contributed by atoms with Gasteiger partial charge in [-0.25, -0.2) is 0 Å². The summed E-state index contributed by atoms with van der Waals surface area (Å²) in [6, 6.07) is 5.37. The van der Waals surface area contributed by atoms with Crippen LogP contribution in [0.4, 0.5) is 0 Å². The Balaban J connectivity index is 2.10. The van der Waals surface area contributed by atoms with E-state index in [1.165, 1.54) is 44.9 Å². The van der Waals surface area contributed by atoms with Gasteiger partial charge in [0, 0.05) is 6.42 Å². The Morgan fingerprint density at radius 1 is 0.913 bits per heavy atom. The summed E-state index contributed by atoms with van der Waals surface area (Å²) in [5.74, 6) is 0.180. The van der Waals surface area contributed by atoms with Crippen molar-refractivity contribution in [2.45, 2.75) is 71.1 Å². The molecule has 0 aromatic heterocycles. The van der Waals surface area contributed by atoms with E-state index >= 15 is 0 Å². The van der Waals surface area contributed by atoms with Crippen molar-refractivity contribution < 1.29 is 4.79 Å². The van der Waals surface area contributed by atoms with Crippen molar-refractivity contribution >= 4 is 35.1 Å². The van der Waals surface area contributed by atoms with Gasteiger partial charge in [-0.05, 0) is 30.2 Å². The fourth-order valence-corrected chi connectivity index (χ4v) is 2.80. The van der Waals surface area contributed by atoms with Gasteiger partial charge in [0.2, 0.25) is 0 Å². The van der Waals surface area contributed by atoms with Gasteiger partial charge in [-0.15, -0.1) is 0 Å². The highest BCUT2D eigenvalue weighted by Gasteiger charge is 2.00. The number of hydrogen-bond donors (Lipinski definition) is 0. The number of ketones is 1. The van der Waals surface area contributed by atoms with E-state index in [2.05, 4.69) is 6.92 Å². The maximum atomic E-state index is 11.8. The van der Waals surface area contributed by atoms with Crippen molar-refractivity contribution in [3.63, 3.8) is 0 Å². The van der Waals surface area contributed by atoms with Crippen molar-refractivity contribution in [3.8, 4) is 0 Å². The second-order valence-electron chi connectivity index (χ2n) is 6.05. The molecule has 3 heteroatoms. The summed E-state index contributed by atoms with van der Waals surface area (Å²) in [5.41, 5.74) is 0.903. The van der Waals surface area contributed by atoms with Crippen LogP contribution in [0.25, 0.3) is 6.08 Å². The molecule has 0 unspecified atom stereocenters. The van der Waals surface area contributed by atoms with Gasteiger partial charge in [-0.1, -0.05) is 93.6 Å². The number of carbonyl (C=O) groups is 1. The summed E-state index contributed by atoms with van der Waals surface area (Å²) in [6.07, 6.45) is 15.5. The van der Waals surface area contributed by atoms with Crippen LogP contribution in [-0.4, -0.2) is 5.78 Å². The third-order valence-corrected chi connectivity index (χ3v) is 4.67. The van der Waals surface area contributed by atoms with Crippen LogP contribution >= 0.6 is 23.2 Å². The second-order valence-corrected chi connectivity index (χ2v) is 6.87. The Kier molecular flexibility index (Phi) is 11.1. The molecule has 0 aliphatic heterocycles. The zero-order chi connectivity index (χ0) is 16.9. The summed E-state index contributed by atoms with van der Waals surface area (Å²) in [4.78, 5) is 11.8. The van der Waals surface area contributed by atoms with Gasteiger partial charge in [-0.2, -0.15) is 0 Å². The Labute approximate surface area is 151 Å². The maximum absolute atomic E-state index is 11.8. The summed E-state index contributed by atoms with van der Waals surface area (Å²) in [6.45, 7) is 2.24. The first-order valence-corrected chi connectivity index (χ1v) is 9.55. The van der Waals surface area contributed by atoms with Crippen LogP contribution in [0.5, 0.6) is 0 Å². The highest BCUT2D eigenvalue weighted by Crippen LogP contribution is 2.23. The molecule has 0 fully saturated rings. The van der Waals surface area contributed by atoms with Gasteiger partial charge in [0.1, 0.15) is 0 Å². The van der Waals surface area contributed by atoms with Gasteiger partial charge in [0.25, 0.3) is 0 Å². The van der Waals surface area contributed by atoms with Crippen LogP contribution in [-0.2, 0) is 4.79 Å². The molecule has 0 saturated carbocycles. The molecule has 128 valence electrons. The lowest BCUT2D eigenvalue weighted by Gasteiger charge is -2.01. The number of rotatable bonds is 12.